The number of carbonyl (C=O) groups excluding carboxylic acids is 1. The van der Waals surface area contributed by atoms with Crippen molar-refractivity contribution >= 4 is 11.9 Å². The summed E-state index contributed by atoms with van der Waals surface area (Å²) in [5.74, 6) is -4.10. The van der Waals surface area contributed by atoms with E-state index in [4.69, 9.17) is 5.11 Å². The molecule has 4 nitrogen and oxygen atoms in total. The van der Waals surface area contributed by atoms with Gasteiger partial charge in [-0.1, -0.05) is 0 Å². The summed E-state index contributed by atoms with van der Waals surface area (Å²) in [5.41, 5.74) is -1.55. The van der Waals surface area contributed by atoms with Crippen LogP contribution in [-0.2, 0) is 4.79 Å². The highest BCUT2D eigenvalue weighted by Gasteiger charge is 2.35. The molecule has 0 aliphatic heterocycles. The fraction of sp³-hybridized carbons (Fsp3) is 0.333. The maximum absolute atomic E-state index is 13.0. The molecule has 1 aromatic carbocycles. The molecule has 1 rings (SSSR count). The summed E-state index contributed by atoms with van der Waals surface area (Å²) in [6.45, 7) is 2.68. The van der Waals surface area contributed by atoms with Gasteiger partial charge in [-0.25, -0.2) is 13.6 Å². The van der Waals surface area contributed by atoms with Crippen LogP contribution < -0.4 is 0 Å². The van der Waals surface area contributed by atoms with Crippen molar-refractivity contribution in [3.05, 3.63) is 35.4 Å². The van der Waals surface area contributed by atoms with Gasteiger partial charge in [0.1, 0.15) is 5.54 Å². The third-order valence-electron chi connectivity index (χ3n) is 2.83. The van der Waals surface area contributed by atoms with Gasteiger partial charge in [0, 0.05) is 12.6 Å². The minimum absolute atomic E-state index is 0.106. The van der Waals surface area contributed by atoms with Crippen molar-refractivity contribution in [3.63, 3.8) is 0 Å². The molecule has 0 radical (unpaired) electrons. The van der Waals surface area contributed by atoms with E-state index in [0.29, 0.717) is 0 Å². The largest absolute Gasteiger partial charge is 0.480 e. The molecule has 98 valence electrons. The Hall–Kier alpha value is -1.98. The second-order valence-electron chi connectivity index (χ2n) is 4.36. The van der Waals surface area contributed by atoms with Crippen LogP contribution in [0.2, 0.25) is 0 Å². The first-order chi connectivity index (χ1) is 8.17. The Balaban J connectivity index is 3.07. The molecule has 18 heavy (non-hydrogen) atoms. The highest BCUT2D eigenvalue weighted by molar-refractivity contribution is 5.97. The Morgan fingerprint density at radius 3 is 2.22 bits per heavy atom. The molecule has 0 atom stereocenters. The number of likely N-dealkylation sites (N-methyl/N-ethyl adjacent to an activating group) is 1. The van der Waals surface area contributed by atoms with Gasteiger partial charge in [-0.2, -0.15) is 0 Å². The number of carboxylic acids is 1. The highest BCUT2D eigenvalue weighted by Crippen LogP contribution is 2.17. The number of carboxylic acid groups (broad SMARTS) is 1. The first-order valence-corrected chi connectivity index (χ1v) is 5.14. The lowest BCUT2D eigenvalue weighted by Crippen LogP contribution is -2.50. The number of rotatable bonds is 3. The van der Waals surface area contributed by atoms with Gasteiger partial charge in [0.05, 0.1) is 0 Å². The number of amides is 1. The van der Waals surface area contributed by atoms with Crippen LogP contribution >= 0.6 is 0 Å². The Kier molecular flexibility index (Phi) is 3.69. The van der Waals surface area contributed by atoms with Crippen molar-refractivity contribution in [2.45, 2.75) is 19.4 Å². The zero-order chi connectivity index (χ0) is 14.1. The quantitative estimate of drug-likeness (QED) is 0.899. The maximum Gasteiger partial charge on any atom is 0.329 e. The number of hydrogen-bond acceptors (Lipinski definition) is 2. The number of aliphatic carboxylic acids is 1. The summed E-state index contributed by atoms with van der Waals surface area (Å²) in [6.07, 6.45) is 0. The minimum atomic E-state index is -1.44. The van der Waals surface area contributed by atoms with Gasteiger partial charge in [-0.15, -0.1) is 0 Å². The van der Waals surface area contributed by atoms with Crippen LogP contribution in [0.15, 0.2) is 18.2 Å². The second kappa shape index (κ2) is 4.72. The molecular weight excluding hydrogens is 244 g/mol. The minimum Gasteiger partial charge on any atom is -0.480 e. The topological polar surface area (TPSA) is 57.6 Å². The van der Waals surface area contributed by atoms with Crippen LogP contribution in [0, 0.1) is 11.6 Å². The predicted molar refractivity (Wildman–Crippen MR) is 60.2 cm³/mol. The predicted octanol–water partition coefficient (Wildman–Crippen LogP) is 1.90. The standard InChI is InChI=1S/C12H13F2NO3/c1-12(2,11(17)18)15(3)10(16)7-4-5-8(13)9(14)6-7/h4-6H,1-3H3,(H,17,18). The van der Waals surface area contributed by atoms with Crippen molar-refractivity contribution in [2.24, 2.45) is 0 Å². The van der Waals surface area contributed by atoms with E-state index in [-0.39, 0.29) is 5.56 Å². The zero-order valence-electron chi connectivity index (χ0n) is 10.2. The maximum atomic E-state index is 13.0. The van der Waals surface area contributed by atoms with Crippen molar-refractivity contribution in [2.75, 3.05) is 7.05 Å². The van der Waals surface area contributed by atoms with Crippen LogP contribution in [0.5, 0.6) is 0 Å². The Labute approximate surface area is 103 Å². The molecule has 0 bridgehead atoms. The van der Waals surface area contributed by atoms with Gasteiger partial charge in [0.2, 0.25) is 0 Å². The first kappa shape index (κ1) is 14.1. The van der Waals surface area contributed by atoms with Crippen molar-refractivity contribution in [3.8, 4) is 0 Å². The average molecular weight is 257 g/mol. The van der Waals surface area contributed by atoms with E-state index >= 15 is 0 Å². The van der Waals surface area contributed by atoms with Gasteiger partial charge in [-0.05, 0) is 32.0 Å². The molecule has 1 N–H and O–H groups in total. The third-order valence-corrected chi connectivity index (χ3v) is 2.83. The smallest absolute Gasteiger partial charge is 0.329 e. The number of carbonyl (C=O) groups is 2. The molecule has 1 aromatic rings. The van der Waals surface area contributed by atoms with Crippen LogP contribution in [-0.4, -0.2) is 34.5 Å². The van der Waals surface area contributed by atoms with E-state index in [0.717, 1.165) is 23.1 Å². The molecule has 0 fully saturated rings. The molecule has 0 aromatic heterocycles. The summed E-state index contributed by atoms with van der Waals surface area (Å²) in [6, 6.07) is 2.67. The number of nitrogens with zero attached hydrogens (tertiary/aromatic N) is 1. The van der Waals surface area contributed by atoms with Crippen molar-refractivity contribution in [1.29, 1.82) is 0 Å². The zero-order valence-corrected chi connectivity index (χ0v) is 10.2. The fourth-order valence-electron chi connectivity index (χ4n) is 1.22. The fourth-order valence-corrected chi connectivity index (χ4v) is 1.22. The Morgan fingerprint density at radius 2 is 1.78 bits per heavy atom. The second-order valence-corrected chi connectivity index (χ2v) is 4.36. The number of halogens is 2. The number of benzene rings is 1. The lowest BCUT2D eigenvalue weighted by molar-refractivity contribution is -0.147. The molecular formula is C12H13F2NO3. The molecule has 0 heterocycles. The lowest BCUT2D eigenvalue weighted by atomic mass is 10.0. The van der Waals surface area contributed by atoms with E-state index < -0.39 is 29.0 Å². The first-order valence-electron chi connectivity index (χ1n) is 5.14. The highest BCUT2D eigenvalue weighted by atomic mass is 19.2. The summed E-state index contributed by atoms with van der Waals surface area (Å²) in [5, 5.41) is 8.98. The molecule has 1 amide bonds. The van der Waals surface area contributed by atoms with Gasteiger partial charge in [0.25, 0.3) is 5.91 Å². The van der Waals surface area contributed by atoms with Gasteiger partial charge in [0.15, 0.2) is 11.6 Å². The summed E-state index contributed by atoms with van der Waals surface area (Å²) in [7, 11) is 1.29. The third kappa shape index (κ3) is 2.47. The summed E-state index contributed by atoms with van der Waals surface area (Å²) >= 11 is 0. The van der Waals surface area contributed by atoms with E-state index in [1.807, 2.05) is 0 Å². The molecule has 0 aliphatic carbocycles. The van der Waals surface area contributed by atoms with Crippen LogP contribution in [0.4, 0.5) is 8.78 Å². The molecule has 0 aliphatic rings. The molecule has 6 heteroatoms. The lowest BCUT2D eigenvalue weighted by Gasteiger charge is -2.31. The van der Waals surface area contributed by atoms with Crippen LogP contribution in [0.25, 0.3) is 0 Å². The Morgan fingerprint density at radius 1 is 1.22 bits per heavy atom. The van der Waals surface area contributed by atoms with Crippen molar-refractivity contribution in [1.82, 2.24) is 4.90 Å². The van der Waals surface area contributed by atoms with Crippen LogP contribution in [0.1, 0.15) is 24.2 Å². The van der Waals surface area contributed by atoms with E-state index in [2.05, 4.69) is 0 Å². The molecule has 0 unspecified atom stereocenters. The molecule has 0 saturated carbocycles. The van der Waals surface area contributed by atoms with Gasteiger partial charge >= 0.3 is 5.97 Å². The number of hydrogen-bond donors (Lipinski definition) is 1. The average Bonchev–Trinajstić information content (AvgIpc) is 2.30. The normalized spacial score (nSPS) is 11.2. The van der Waals surface area contributed by atoms with Crippen LogP contribution in [0.3, 0.4) is 0 Å². The molecule has 0 spiro atoms. The van der Waals surface area contributed by atoms with Gasteiger partial charge in [-0.3, -0.25) is 4.79 Å². The Bertz CT molecular complexity index is 500. The summed E-state index contributed by atoms with van der Waals surface area (Å²) in [4.78, 5) is 23.9. The SMILES string of the molecule is CN(C(=O)c1ccc(F)c(F)c1)C(C)(C)C(=O)O. The monoisotopic (exact) mass is 257 g/mol. The molecule has 0 saturated heterocycles. The van der Waals surface area contributed by atoms with Gasteiger partial charge < -0.3 is 10.0 Å². The van der Waals surface area contributed by atoms with Crippen molar-refractivity contribution < 1.29 is 23.5 Å². The van der Waals surface area contributed by atoms with E-state index in [9.17, 15) is 18.4 Å². The van der Waals surface area contributed by atoms with E-state index in [1.54, 1.807) is 0 Å². The summed E-state index contributed by atoms with van der Waals surface area (Å²) < 4.78 is 25.7. The van der Waals surface area contributed by atoms with E-state index in [1.165, 1.54) is 20.9 Å².